The Bertz CT molecular complexity index is 2160. The van der Waals surface area contributed by atoms with Crippen molar-refractivity contribution in [2.24, 2.45) is 5.41 Å². The molecule has 0 saturated carbocycles. The molecule has 8 rings (SSSR count). The van der Waals surface area contributed by atoms with Crippen LogP contribution in [0.5, 0.6) is 17.2 Å². The predicted octanol–water partition coefficient (Wildman–Crippen LogP) is 7.89. The van der Waals surface area contributed by atoms with Gasteiger partial charge in [-0.05, 0) is 79.4 Å². The van der Waals surface area contributed by atoms with Crippen LogP contribution in [0.25, 0.3) is 0 Å². The molecule has 5 aromatic carbocycles. The minimum atomic E-state index is -1.12. The zero-order valence-corrected chi connectivity index (χ0v) is 27.2. The van der Waals surface area contributed by atoms with Gasteiger partial charge in [0.1, 0.15) is 23.9 Å². The Morgan fingerprint density at radius 2 is 1.22 bits per heavy atom. The molecule has 3 aliphatic rings. The summed E-state index contributed by atoms with van der Waals surface area (Å²) < 4.78 is 18.8. The molecular weight excluding hydrogens is 640 g/mol. The Hall–Kier alpha value is -6.36. The second kappa shape index (κ2) is 12.0. The highest BCUT2D eigenvalue weighted by Crippen LogP contribution is 2.63. The number of nitro benzene ring substituents is 2. The van der Waals surface area contributed by atoms with Crippen LogP contribution >= 0.6 is 0 Å². The summed E-state index contributed by atoms with van der Waals surface area (Å²) in [7, 11) is 0. The average Bonchev–Trinajstić information content (AvgIpc) is 3.11. The first-order chi connectivity index (χ1) is 23.9. The van der Waals surface area contributed by atoms with Crippen molar-refractivity contribution >= 4 is 23.3 Å². The van der Waals surface area contributed by atoms with E-state index in [1.165, 1.54) is 48.5 Å². The highest BCUT2D eigenvalue weighted by atomic mass is 16.6. The quantitative estimate of drug-likeness (QED) is 0.0695. The zero-order chi connectivity index (χ0) is 35.4. The van der Waals surface area contributed by atoms with Gasteiger partial charge in [0.25, 0.3) is 11.4 Å². The van der Waals surface area contributed by atoms with Crippen LogP contribution in [0.1, 0.15) is 70.4 Å². The molecule has 0 radical (unpaired) electrons. The predicted molar refractivity (Wildman–Crippen MR) is 182 cm³/mol. The number of carbonyl (C=O) groups excluding carboxylic acids is 2. The van der Waals surface area contributed by atoms with E-state index in [4.69, 9.17) is 14.2 Å². The number of nitro groups is 2. The molecule has 50 heavy (non-hydrogen) atoms. The van der Waals surface area contributed by atoms with Crippen molar-refractivity contribution in [1.29, 1.82) is 0 Å². The lowest BCUT2D eigenvalue weighted by atomic mass is 9.53. The Labute approximate surface area is 286 Å². The summed E-state index contributed by atoms with van der Waals surface area (Å²) in [6.45, 7) is 5.27. The van der Waals surface area contributed by atoms with Gasteiger partial charge in [0.15, 0.2) is 0 Å². The van der Waals surface area contributed by atoms with Crippen molar-refractivity contribution in [2.45, 2.75) is 32.1 Å². The molecule has 3 aliphatic carbocycles. The molecule has 0 unspecified atom stereocenters. The molecule has 11 nitrogen and oxygen atoms in total. The summed E-state index contributed by atoms with van der Waals surface area (Å²) in [6, 6.07) is 29.9. The van der Waals surface area contributed by atoms with Crippen molar-refractivity contribution in [2.75, 3.05) is 6.61 Å². The van der Waals surface area contributed by atoms with E-state index in [0.29, 0.717) is 22.6 Å². The summed E-state index contributed by atoms with van der Waals surface area (Å²) in [5.74, 6) is -0.706. The molecule has 0 spiro atoms. The van der Waals surface area contributed by atoms with Gasteiger partial charge < -0.3 is 14.2 Å². The lowest BCUT2D eigenvalue weighted by molar-refractivity contribution is -0.385. The Balaban J connectivity index is 1.45. The molecule has 2 bridgehead atoms. The highest BCUT2D eigenvalue weighted by molar-refractivity contribution is 5.92. The van der Waals surface area contributed by atoms with Crippen LogP contribution in [0.2, 0.25) is 0 Å². The number of ether oxygens (including phenoxy) is 3. The zero-order valence-electron chi connectivity index (χ0n) is 27.2. The maximum atomic E-state index is 13.7. The first kappa shape index (κ1) is 32.2. The maximum absolute atomic E-state index is 13.7. The van der Waals surface area contributed by atoms with Gasteiger partial charge in [0.2, 0.25) is 0 Å². The van der Waals surface area contributed by atoms with Gasteiger partial charge in [0.05, 0.1) is 26.2 Å². The third kappa shape index (κ3) is 5.23. The van der Waals surface area contributed by atoms with Gasteiger partial charge in [-0.3, -0.25) is 25.0 Å². The molecule has 0 aliphatic heterocycles. The van der Waals surface area contributed by atoms with Crippen molar-refractivity contribution in [3.8, 4) is 17.2 Å². The number of rotatable bonds is 8. The smallest absolute Gasteiger partial charge is 0.343 e. The molecule has 0 fully saturated rings. The Morgan fingerprint density at radius 1 is 0.700 bits per heavy atom. The van der Waals surface area contributed by atoms with Gasteiger partial charge >= 0.3 is 11.9 Å². The van der Waals surface area contributed by atoms with E-state index in [-0.39, 0.29) is 29.3 Å². The summed E-state index contributed by atoms with van der Waals surface area (Å²) in [5, 5.41) is 22.6. The van der Waals surface area contributed by atoms with Crippen LogP contribution in [0.3, 0.4) is 0 Å². The third-order valence-electron chi connectivity index (χ3n) is 9.18. The summed E-state index contributed by atoms with van der Waals surface area (Å²) >= 11 is 0. The number of esters is 2. The molecule has 0 aromatic heterocycles. The minimum absolute atomic E-state index is 0.0166. The van der Waals surface area contributed by atoms with Crippen molar-refractivity contribution in [1.82, 2.24) is 0 Å². The van der Waals surface area contributed by atoms with E-state index >= 15 is 0 Å². The van der Waals surface area contributed by atoms with E-state index in [2.05, 4.69) is 0 Å². The first-order valence-corrected chi connectivity index (χ1v) is 15.8. The first-order valence-electron chi connectivity index (χ1n) is 15.8. The topological polar surface area (TPSA) is 148 Å². The van der Waals surface area contributed by atoms with E-state index in [1.54, 1.807) is 32.9 Å². The minimum Gasteiger partial charge on any atom is -0.492 e. The highest BCUT2D eigenvalue weighted by Gasteiger charge is 2.55. The second-order valence-corrected chi connectivity index (χ2v) is 13.2. The standard InChI is InChI=1S/C39H30N2O9/c1-38(2,3)37(43)50-31-20-21-32(49-36(42)23-12-14-24(15-13-23)40(44)45)35-34(31)33-27-8-4-6-10-29(27)39(35,30-11-7-5-9-28(30)33)22-48-26-18-16-25(17-19-26)41(46)47/h4-21,33H,22H2,1-3H3. The monoisotopic (exact) mass is 670 g/mol. The molecule has 0 saturated heterocycles. The van der Waals surface area contributed by atoms with E-state index < -0.39 is 38.5 Å². The lowest BCUT2D eigenvalue weighted by Gasteiger charge is -2.50. The molecule has 5 aromatic rings. The summed E-state index contributed by atoms with van der Waals surface area (Å²) in [6.07, 6.45) is 0. The lowest BCUT2D eigenvalue weighted by Crippen LogP contribution is -2.47. The number of hydrogen-bond donors (Lipinski definition) is 0. The maximum Gasteiger partial charge on any atom is 0.343 e. The van der Waals surface area contributed by atoms with E-state index in [0.717, 1.165) is 22.3 Å². The fraction of sp³-hybridized carbons (Fsp3) is 0.179. The number of nitrogens with zero attached hydrogens (tertiary/aromatic N) is 2. The van der Waals surface area contributed by atoms with Crippen molar-refractivity contribution in [3.63, 3.8) is 0 Å². The number of carbonyl (C=O) groups is 2. The Morgan fingerprint density at radius 3 is 1.76 bits per heavy atom. The summed E-state index contributed by atoms with van der Waals surface area (Å²) in [4.78, 5) is 48.6. The second-order valence-electron chi connectivity index (χ2n) is 13.2. The van der Waals surface area contributed by atoms with Gasteiger partial charge in [-0.25, -0.2) is 4.79 Å². The van der Waals surface area contributed by atoms with Crippen molar-refractivity contribution in [3.05, 3.63) is 168 Å². The van der Waals surface area contributed by atoms with Gasteiger partial charge in [0, 0.05) is 41.3 Å². The van der Waals surface area contributed by atoms with Gasteiger partial charge in [-0.2, -0.15) is 0 Å². The molecule has 11 heteroatoms. The van der Waals surface area contributed by atoms with Crippen molar-refractivity contribution < 1.29 is 33.6 Å². The van der Waals surface area contributed by atoms with Crippen LogP contribution in [0.4, 0.5) is 11.4 Å². The largest absolute Gasteiger partial charge is 0.492 e. The van der Waals surface area contributed by atoms with Gasteiger partial charge in [-0.15, -0.1) is 0 Å². The number of hydrogen-bond acceptors (Lipinski definition) is 9. The van der Waals surface area contributed by atoms with Crippen LogP contribution in [-0.2, 0) is 10.2 Å². The molecule has 0 amide bonds. The van der Waals surface area contributed by atoms with Crippen LogP contribution in [0, 0.1) is 25.6 Å². The van der Waals surface area contributed by atoms with E-state index in [1.807, 2.05) is 48.5 Å². The van der Waals surface area contributed by atoms with Crippen LogP contribution < -0.4 is 14.2 Å². The van der Waals surface area contributed by atoms with Gasteiger partial charge in [-0.1, -0.05) is 48.5 Å². The molecular formula is C39H30N2O9. The van der Waals surface area contributed by atoms with E-state index in [9.17, 15) is 29.8 Å². The number of benzene rings is 5. The normalized spacial score (nSPS) is 16.7. The fourth-order valence-electron chi connectivity index (χ4n) is 6.86. The molecule has 0 atom stereocenters. The SMILES string of the molecule is CC(C)(C)C(=O)Oc1ccc(OC(=O)c2ccc([N+](=O)[O-])cc2)c2c1C1c3ccccc3C2(COc2ccc([N+](=O)[O-])cc2)c2ccccc21. The van der Waals surface area contributed by atoms with Crippen LogP contribution in [-0.4, -0.2) is 28.4 Å². The molecule has 0 N–H and O–H groups in total. The molecule has 250 valence electrons. The number of non-ortho nitro benzene ring substituents is 2. The summed E-state index contributed by atoms with van der Waals surface area (Å²) in [5.41, 5.74) is 2.81. The third-order valence-corrected chi connectivity index (χ3v) is 9.18. The average molecular weight is 671 g/mol. The fourth-order valence-corrected chi connectivity index (χ4v) is 6.86. The molecule has 0 heterocycles. The Kier molecular flexibility index (Phi) is 7.70. The van der Waals surface area contributed by atoms with Crippen LogP contribution in [0.15, 0.2) is 109 Å².